The molecule has 1 aromatic heterocycles. The predicted octanol–water partition coefficient (Wildman–Crippen LogP) is 2.79. The Hall–Kier alpha value is -2.96. The van der Waals surface area contributed by atoms with Crippen molar-refractivity contribution in [3.63, 3.8) is 0 Å². The highest BCUT2D eigenvalue weighted by Gasteiger charge is 2.20. The number of rotatable bonds is 4. The number of carbonyl (C=O) groups is 1. The number of aromatic nitrogens is 1. The lowest BCUT2D eigenvalue weighted by atomic mass is 10.1. The fraction of sp³-hybridized carbons (Fsp3) is 0.0769. The van der Waals surface area contributed by atoms with Gasteiger partial charge in [0, 0.05) is 23.9 Å². The zero-order chi connectivity index (χ0) is 14.7. The van der Waals surface area contributed by atoms with Gasteiger partial charge in [-0.3, -0.25) is 10.1 Å². The number of nitrogens with zero attached hydrogens (tertiary/aromatic N) is 2. The van der Waals surface area contributed by atoms with Crippen LogP contribution in [0.4, 0.5) is 5.69 Å². The normalized spacial score (nSPS) is 10.1. The van der Waals surface area contributed by atoms with Gasteiger partial charge in [0.2, 0.25) is 5.88 Å². The fourth-order valence-corrected chi connectivity index (χ4v) is 1.60. The van der Waals surface area contributed by atoms with E-state index in [-0.39, 0.29) is 11.6 Å². The number of ether oxygens (including phenoxy) is 1. The van der Waals surface area contributed by atoms with Gasteiger partial charge in [-0.1, -0.05) is 6.07 Å². The van der Waals surface area contributed by atoms with Crippen LogP contribution in [0.15, 0.2) is 36.4 Å². The average molecular weight is 274 g/mol. The monoisotopic (exact) mass is 274 g/mol. The molecule has 0 saturated carbocycles. The molecule has 0 atom stereocenters. The number of nitro groups is 1. The lowest BCUT2D eigenvalue weighted by molar-refractivity contribution is -0.385. The van der Waals surface area contributed by atoms with E-state index in [4.69, 9.17) is 9.84 Å². The number of nitro benzene ring substituents is 1. The predicted molar refractivity (Wildman–Crippen MR) is 69.1 cm³/mol. The summed E-state index contributed by atoms with van der Waals surface area (Å²) < 4.78 is 5.39. The minimum atomic E-state index is -1.39. The summed E-state index contributed by atoms with van der Waals surface area (Å²) in [6.07, 6.45) is 0. The van der Waals surface area contributed by atoms with Crippen LogP contribution < -0.4 is 4.74 Å². The van der Waals surface area contributed by atoms with Crippen LogP contribution in [0.5, 0.6) is 11.6 Å². The molecule has 0 aliphatic carbocycles. The second-order valence-corrected chi connectivity index (χ2v) is 3.96. The Bertz CT molecular complexity index is 684. The number of aryl methyl sites for hydroxylation is 1. The van der Waals surface area contributed by atoms with Crippen molar-refractivity contribution in [3.05, 3.63) is 57.8 Å². The molecule has 2 aromatic rings. The molecule has 0 spiro atoms. The van der Waals surface area contributed by atoms with Gasteiger partial charge in [0.05, 0.1) is 4.92 Å². The Morgan fingerprint density at radius 2 is 2.10 bits per heavy atom. The van der Waals surface area contributed by atoms with Gasteiger partial charge >= 0.3 is 5.97 Å². The van der Waals surface area contributed by atoms with Gasteiger partial charge in [-0.15, -0.1) is 0 Å². The van der Waals surface area contributed by atoms with Crippen molar-refractivity contribution in [2.75, 3.05) is 0 Å². The molecule has 7 nitrogen and oxygen atoms in total. The second-order valence-electron chi connectivity index (χ2n) is 3.96. The Balaban J connectivity index is 2.36. The van der Waals surface area contributed by atoms with E-state index in [9.17, 15) is 14.9 Å². The van der Waals surface area contributed by atoms with Gasteiger partial charge in [0.1, 0.15) is 11.3 Å². The standard InChI is InChI=1S/C13H10N2O5/c1-8-3-2-4-12(14-8)20-9-5-6-11(15(18)19)10(7-9)13(16)17/h2-7H,1H3,(H,16,17). The zero-order valence-corrected chi connectivity index (χ0v) is 10.4. The average Bonchev–Trinajstić information content (AvgIpc) is 2.38. The molecule has 102 valence electrons. The number of hydrogen-bond acceptors (Lipinski definition) is 5. The van der Waals surface area contributed by atoms with E-state index in [2.05, 4.69) is 4.98 Å². The lowest BCUT2D eigenvalue weighted by Gasteiger charge is -2.06. The highest BCUT2D eigenvalue weighted by Crippen LogP contribution is 2.27. The van der Waals surface area contributed by atoms with Crippen LogP contribution >= 0.6 is 0 Å². The summed E-state index contributed by atoms with van der Waals surface area (Å²) in [6.45, 7) is 1.78. The highest BCUT2D eigenvalue weighted by molar-refractivity contribution is 5.92. The number of carboxylic acid groups (broad SMARTS) is 1. The lowest BCUT2D eigenvalue weighted by Crippen LogP contribution is -2.03. The van der Waals surface area contributed by atoms with Gasteiger partial charge in [0.15, 0.2) is 0 Å². The number of carboxylic acids is 1. The molecule has 0 amide bonds. The number of hydrogen-bond donors (Lipinski definition) is 1. The quantitative estimate of drug-likeness (QED) is 0.679. The van der Waals surface area contributed by atoms with Crippen LogP contribution in [0.1, 0.15) is 16.1 Å². The zero-order valence-electron chi connectivity index (χ0n) is 10.4. The first-order chi connectivity index (χ1) is 9.47. The highest BCUT2D eigenvalue weighted by atomic mass is 16.6. The molecule has 0 saturated heterocycles. The minimum absolute atomic E-state index is 0.172. The maximum absolute atomic E-state index is 11.0. The van der Waals surface area contributed by atoms with Crippen LogP contribution in [0.3, 0.4) is 0 Å². The summed E-state index contributed by atoms with van der Waals surface area (Å²) in [4.78, 5) is 25.1. The first kappa shape index (κ1) is 13.5. The molecule has 1 aromatic carbocycles. The SMILES string of the molecule is Cc1cccc(Oc2ccc([N+](=O)[O-])c(C(=O)O)c2)n1. The third-order valence-corrected chi connectivity index (χ3v) is 2.48. The summed E-state index contributed by atoms with van der Waals surface area (Å²) in [6, 6.07) is 8.65. The van der Waals surface area contributed by atoms with Crippen LogP contribution in [-0.4, -0.2) is 21.0 Å². The van der Waals surface area contributed by atoms with Crippen LogP contribution in [0.2, 0.25) is 0 Å². The van der Waals surface area contributed by atoms with Crippen molar-refractivity contribution >= 4 is 11.7 Å². The van der Waals surface area contributed by atoms with Gasteiger partial charge < -0.3 is 9.84 Å². The first-order valence-corrected chi connectivity index (χ1v) is 5.60. The molecular formula is C13H10N2O5. The van der Waals surface area contributed by atoms with E-state index in [1.165, 1.54) is 6.07 Å². The third-order valence-electron chi connectivity index (χ3n) is 2.48. The van der Waals surface area contributed by atoms with E-state index in [0.29, 0.717) is 0 Å². The summed E-state index contributed by atoms with van der Waals surface area (Å²) in [5.74, 6) is -0.930. The van der Waals surface area contributed by atoms with Crippen molar-refractivity contribution in [1.29, 1.82) is 0 Å². The van der Waals surface area contributed by atoms with Crippen molar-refractivity contribution in [3.8, 4) is 11.6 Å². The molecule has 0 aliphatic rings. The van der Waals surface area contributed by atoms with E-state index in [1.54, 1.807) is 25.1 Å². The van der Waals surface area contributed by atoms with E-state index >= 15 is 0 Å². The molecule has 0 fully saturated rings. The van der Waals surface area contributed by atoms with Gasteiger partial charge in [-0.2, -0.15) is 0 Å². The van der Waals surface area contributed by atoms with Crippen LogP contribution in [-0.2, 0) is 0 Å². The molecule has 7 heteroatoms. The Labute approximate surface area is 113 Å². The van der Waals surface area contributed by atoms with Gasteiger partial charge in [-0.05, 0) is 19.1 Å². The van der Waals surface area contributed by atoms with Gasteiger partial charge in [0.25, 0.3) is 5.69 Å². The van der Waals surface area contributed by atoms with Gasteiger partial charge in [-0.25, -0.2) is 9.78 Å². The summed E-state index contributed by atoms with van der Waals surface area (Å²) in [5, 5.41) is 19.7. The minimum Gasteiger partial charge on any atom is -0.477 e. The Morgan fingerprint density at radius 3 is 2.70 bits per heavy atom. The molecule has 0 aliphatic heterocycles. The van der Waals surface area contributed by atoms with Crippen molar-refractivity contribution in [2.45, 2.75) is 6.92 Å². The van der Waals surface area contributed by atoms with Crippen molar-refractivity contribution in [2.24, 2.45) is 0 Å². The molecule has 1 heterocycles. The molecule has 1 N–H and O–H groups in total. The molecule has 0 radical (unpaired) electrons. The van der Waals surface area contributed by atoms with Crippen LogP contribution in [0, 0.1) is 17.0 Å². The van der Waals surface area contributed by atoms with Crippen molar-refractivity contribution in [1.82, 2.24) is 4.98 Å². The topological polar surface area (TPSA) is 103 Å². The number of benzene rings is 1. The van der Waals surface area contributed by atoms with Crippen molar-refractivity contribution < 1.29 is 19.6 Å². The Kier molecular flexibility index (Phi) is 3.60. The summed E-state index contributed by atoms with van der Waals surface area (Å²) in [5.41, 5.74) is -0.176. The Morgan fingerprint density at radius 1 is 1.35 bits per heavy atom. The third kappa shape index (κ3) is 2.89. The van der Waals surface area contributed by atoms with E-state index < -0.39 is 22.1 Å². The smallest absolute Gasteiger partial charge is 0.342 e. The van der Waals surface area contributed by atoms with E-state index in [0.717, 1.165) is 17.8 Å². The molecule has 20 heavy (non-hydrogen) atoms. The molecule has 0 bridgehead atoms. The second kappa shape index (κ2) is 5.35. The molecule has 2 rings (SSSR count). The molecular weight excluding hydrogens is 264 g/mol. The van der Waals surface area contributed by atoms with E-state index in [1.807, 2.05) is 0 Å². The number of aromatic carboxylic acids is 1. The summed E-state index contributed by atoms with van der Waals surface area (Å²) >= 11 is 0. The maximum atomic E-state index is 11.0. The number of pyridine rings is 1. The summed E-state index contributed by atoms with van der Waals surface area (Å²) in [7, 11) is 0. The maximum Gasteiger partial charge on any atom is 0.342 e. The molecule has 0 unspecified atom stereocenters. The van der Waals surface area contributed by atoms with Crippen LogP contribution in [0.25, 0.3) is 0 Å². The fourth-order valence-electron chi connectivity index (χ4n) is 1.60. The largest absolute Gasteiger partial charge is 0.477 e. The first-order valence-electron chi connectivity index (χ1n) is 5.60.